The van der Waals surface area contributed by atoms with Crippen molar-refractivity contribution < 1.29 is 42.8 Å². The Hall–Kier alpha value is -2.85. The molecule has 0 aliphatic carbocycles. The molecule has 1 aromatic rings. The van der Waals surface area contributed by atoms with Crippen molar-refractivity contribution in [1.29, 1.82) is 0 Å². The van der Waals surface area contributed by atoms with Crippen LogP contribution in [0.4, 0.5) is 4.79 Å². The fraction of sp³-hybridized carbons (Fsp3) is 0.679. The molecule has 1 aromatic carbocycles. The number of ether oxygens (including phenoxy) is 6. The van der Waals surface area contributed by atoms with E-state index in [9.17, 15) is 14.4 Å². The highest BCUT2D eigenvalue weighted by molar-refractivity contribution is 5.75. The number of esters is 2. The number of benzene rings is 1. The van der Waals surface area contributed by atoms with Gasteiger partial charge in [0, 0.05) is 32.7 Å². The third-order valence-corrected chi connectivity index (χ3v) is 5.93. The van der Waals surface area contributed by atoms with Crippen LogP contribution in [0.5, 0.6) is 5.75 Å². The number of carbonyl (C=O) groups excluding carboxylic acids is 3. The third-order valence-electron chi connectivity index (χ3n) is 5.93. The van der Waals surface area contributed by atoms with Gasteiger partial charge in [0.2, 0.25) is 6.29 Å². The van der Waals surface area contributed by atoms with Crippen LogP contribution in [0.15, 0.2) is 24.3 Å². The Labute approximate surface area is 225 Å². The van der Waals surface area contributed by atoms with Crippen molar-refractivity contribution in [2.45, 2.75) is 79.0 Å². The van der Waals surface area contributed by atoms with Crippen LogP contribution in [0, 0.1) is 17.8 Å². The number of amides is 1. The van der Waals surface area contributed by atoms with Crippen molar-refractivity contribution in [2.75, 3.05) is 26.9 Å². The Morgan fingerprint density at radius 1 is 1.11 bits per heavy atom. The van der Waals surface area contributed by atoms with Crippen LogP contribution >= 0.6 is 0 Å². The number of hydrogen-bond acceptors (Lipinski definition) is 9. The topological polar surface area (TPSA) is 119 Å². The summed E-state index contributed by atoms with van der Waals surface area (Å²) in [4.78, 5) is 37.5. The molecule has 1 aliphatic heterocycles. The van der Waals surface area contributed by atoms with Crippen LogP contribution in [0.3, 0.4) is 0 Å². The van der Waals surface area contributed by atoms with Crippen molar-refractivity contribution in [3.8, 4) is 5.75 Å². The molecule has 1 amide bonds. The van der Waals surface area contributed by atoms with E-state index in [2.05, 4.69) is 5.32 Å². The summed E-state index contributed by atoms with van der Waals surface area (Å²) in [5.74, 6) is -1.46. The van der Waals surface area contributed by atoms with Gasteiger partial charge in [-0.05, 0) is 45.6 Å². The van der Waals surface area contributed by atoms with Gasteiger partial charge < -0.3 is 33.7 Å². The molecule has 2 rings (SSSR count). The van der Waals surface area contributed by atoms with E-state index >= 15 is 0 Å². The lowest BCUT2D eigenvalue weighted by Crippen LogP contribution is -2.40. The molecule has 0 spiro atoms. The molecule has 1 N–H and O–H groups in total. The second-order valence-corrected chi connectivity index (χ2v) is 10.7. The van der Waals surface area contributed by atoms with Gasteiger partial charge in [0.05, 0.1) is 24.5 Å². The van der Waals surface area contributed by atoms with E-state index in [1.54, 1.807) is 27.9 Å². The summed E-state index contributed by atoms with van der Waals surface area (Å²) in [6.07, 6.45) is -1.03. The van der Waals surface area contributed by atoms with Gasteiger partial charge in [-0.3, -0.25) is 9.59 Å². The zero-order valence-electron chi connectivity index (χ0n) is 23.6. The second kappa shape index (κ2) is 14.9. The first-order valence-corrected chi connectivity index (χ1v) is 13.1. The molecule has 0 aromatic heterocycles. The highest BCUT2D eigenvalue weighted by Gasteiger charge is 2.32. The smallest absolute Gasteiger partial charge is 0.407 e. The summed E-state index contributed by atoms with van der Waals surface area (Å²) in [6, 6.07) is 7.60. The molecule has 38 heavy (non-hydrogen) atoms. The zero-order chi connectivity index (χ0) is 28.3. The molecule has 10 nitrogen and oxygen atoms in total. The number of rotatable bonds is 12. The van der Waals surface area contributed by atoms with E-state index in [0.29, 0.717) is 31.8 Å². The standard InChI is InChI=1S/C28H43NO9/c1-18(2)23(15-29-27(32)38-28(4,5)6)26(31)37-19(3)36-25(30)20-12-13-34-22(14-20)17-35-24-11-9-8-10-21(24)16-33-7/h8-11,18-20,22-23H,12-17H2,1-7H3,(H,29,32). The Bertz CT molecular complexity index is 912. The first-order valence-electron chi connectivity index (χ1n) is 13.1. The SMILES string of the molecule is COCc1ccccc1OCC1CC(C(=O)OC(C)OC(=O)C(CNC(=O)OC(C)(C)C)C(C)C)CCO1. The highest BCUT2D eigenvalue weighted by Crippen LogP contribution is 2.25. The van der Waals surface area contributed by atoms with E-state index < -0.39 is 41.8 Å². The first-order chi connectivity index (χ1) is 17.9. The van der Waals surface area contributed by atoms with E-state index in [-0.39, 0.29) is 25.2 Å². The maximum Gasteiger partial charge on any atom is 0.407 e. The van der Waals surface area contributed by atoms with E-state index in [1.165, 1.54) is 6.92 Å². The van der Waals surface area contributed by atoms with Crippen molar-refractivity contribution in [1.82, 2.24) is 5.32 Å². The molecule has 1 saturated heterocycles. The number of carbonyl (C=O) groups is 3. The lowest BCUT2D eigenvalue weighted by Gasteiger charge is -2.29. The van der Waals surface area contributed by atoms with Gasteiger partial charge in [-0.1, -0.05) is 32.0 Å². The minimum absolute atomic E-state index is 0.0429. The van der Waals surface area contributed by atoms with Gasteiger partial charge in [-0.2, -0.15) is 0 Å². The minimum Gasteiger partial charge on any atom is -0.491 e. The predicted octanol–water partition coefficient (Wildman–Crippen LogP) is 4.24. The molecule has 4 unspecified atom stereocenters. The van der Waals surface area contributed by atoms with Crippen molar-refractivity contribution in [3.63, 3.8) is 0 Å². The quantitative estimate of drug-likeness (QED) is 0.308. The summed E-state index contributed by atoms with van der Waals surface area (Å²) in [5, 5.41) is 2.60. The van der Waals surface area contributed by atoms with Gasteiger partial charge >= 0.3 is 18.0 Å². The van der Waals surface area contributed by atoms with Crippen LogP contribution in [0.1, 0.15) is 59.9 Å². The van der Waals surface area contributed by atoms with Gasteiger partial charge in [0.15, 0.2) is 0 Å². The predicted molar refractivity (Wildman–Crippen MR) is 139 cm³/mol. The molecular weight excluding hydrogens is 494 g/mol. The van der Waals surface area contributed by atoms with Crippen LogP contribution < -0.4 is 10.1 Å². The fourth-order valence-corrected chi connectivity index (χ4v) is 3.95. The Balaban J connectivity index is 1.83. The Morgan fingerprint density at radius 2 is 1.82 bits per heavy atom. The Morgan fingerprint density at radius 3 is 2.47 bits per heavy atom. The number of methoxy groups -OCH3 is 1. The second-order valence-electron chi connectivity index (χ2n) is 10.7. The monoisotopic (exact) mass is 537 g/mol. The van der Waals surface area contributed by atoms with E-state index in [1.807, 2.05) is 38.1 Å². The molecule has 214 valence electrons. The maximum absolute atomic E-state index is 12.8. The fourth-order valence-electron chi connectivity index (χ4n) is 3.95. The number of para-hydroxylation sites is 1. The van der Waals surface area contributed by atoms with Gasteiger partial charge in [-0.25, -0.2) is 4.79 Å². The van der Waals surface area contributed by atoms with Crippen LogP contribution in [0.2, 0.25) is 0 Å². The molecule has 10 heteroatoms. The summed E-state index contributed by atoms with van der Waals surface area (Å²) in [6.45, 7) is 11.6. The number of alkyl carbamates (subject to hydrolysis) is 1. The average Bonchev–Trinajstić information content (AvgIpc) is 2.82. The van der Waals surface area contributed by atoms with E-state index in [0.717, 1.165) is 5.56 Å². The molecule has 0 radical (unpaired) electrons. The van der Waals surface area contributed by atoms with Crippen LogP contribution in [-0.4, -0.2) is 62.9 Å². The normalized spacial score (nSPS) is 19.3. The van der Waals surface area contributed by atoms with Gasteiger partial charge in [0.1, 0.15) is 18.0 Å². The Kier molecular flexibility index (Phi) is 12.3. The maximum atomic E-state index is 12.8. The summed E-state index contributed by atoms with van der Waals surface area (Å²) < 4.78 is 33.0. The van der Waals surface area contributed by atoms with Crippen molar-refractivity contribution in [3.05, 3.63) is 29.8 Å². The van der Waals surface area contributed by atoms with Gasteiger partial charge in [-0.15, -0.1) is 0 Å². The molecular formula is C28H43NO9. The van der Waals surface area contributed by atoms with Crippen molar-refractivity contribution >= 4 is 18.0 Å². The largest absolute Gasteiger partial charge is 0.491 e. The number of nitrogens with one attached hydrogen (secondary N) is 1. The molecule has 1 aliphatic rings. The summed E-state index contributed by atoms with van der Waals surface area (Å²) in [7, 11) is 1.62. The van der Waals surface area contributed by atoms with Crippen LogP contribution in [0.25, 0.3) is 0 Å². The van der Waals surface area contributed by atoms with Gasteiger partial charge in [0.25, 0.3) is 0 Å². The third kappa shape index (κ3) is 10.9. The van der Waals surface area contributed by atoms with Crippen molar-refractivity contribution in [2.24, 2.45) is 17.8 Å². The average molecular weight is 538 g/mol. The molecule has 0 saturated carbocycles. The lowest BCUT2D eigenvalue weighted by molar-refractivity contribution is -0.193. The van der Waals surface area contributed by atoms with E-state index in [4.69, 9.17) is 28.4 Å². The number of hydrogen-bond donors (Lipinski definition) is 1. The molecule has 0 bridgehead atoms. The van der Waals surface area contributed by atoms with Crippen LogP contribution in [-0.2, 0) is 39.9 Å². The summed E-state index contributed by atoms with van der Waals surface area (Å²) in [5.41, 5.74) is 0.281. The minimum atomic E-state index is -1.07. The lowest BCUT2D eigenvalue weighted by atomic mass is 9.96. The molecule has 1 fully saturated rings. The first kappa shape index (κ1) is 31.4. The summed E-state index contributed by atoms with van der Waals surface area (Å²) >= 11 is 0. The highest BCUT2D eigenvalue weighted by atomic mass is 16.7. The molecule has 4 atom stereocenters. The zero-order valence-corrected chi connectivity index (χ0v) is 23.6. The molecule has 1 heterocycles.